The third-order valence-corrected chi connectivity index (χ3v) is 0. The van der Waals surface area contributed by atoms with Gasteiger partial charge in [0.1, 0.15) is 0 Å². The van der Waals surface area contributed by atoms with Crippen LogP contribution in [0.2, 0.25) is 0 Å². The van der Waals surface area contributed by atoms with Crippen LogP contribution >= 0.6 is 0 Å². The van der Waals surface area contributed by atoms with Crippen LogP contribution in [0.1, 0.15) is 0 Å². The maximum atomic E-state index is 7.00. The molecule has 0 aliphatic heterocycles. The molecule has 0 rings (SSSR count). The Morgan fingerprint density at radius 1 is 1.00 bits per heavy atom. The molecule has 2 nitrogen and oxygen atoms in total. The second-order valence-corrected chi connectivity index (χ2v) is 0. The first kappa shape index (κ1) is 84.2. The molecule has 0 aliphatic rings. The molecule has 0 atom stereocenters. The minimum atomic E-state index is 0. The number of hydrogen-bond acceptors (Lipinski definition) is 1. The summed E-state index contributed by atoms with van der Waals surface area (Å²) in [5.74, 6) is 0. The van der Waals surface area contributed by atoms with Gasteiger partial charge in [0.05, 0.1) is 0 Å². The Balaban J connectivity index is -0.000000000833. The van der Waals surface area contributed by atoms with Crippen LogP contribution in [0.5, 0.6) is 0 Å². The fourth-order valence-corrected chi connectivity index (χ4v) is 0. The second kappa shape index (κ2) is 384. The van der Waals surface area contributed by atoms with Crippen LogP contribution in [0.3, 0.4) is 0 Å². The second-order valence-electron chi connectivity index (χ2n) is 0. The molecule has 0 spiro atoms. The number of aliphatic hydroxyl groups excluding tert-OH is 1. The molecular weight excluding hydrogens is 106 g/mol. The van der Waals surface area contributed by atoms with E-state index in [2.05, 4.69) is 0 Å². The fourth-order valence-electron chi connectivity index (χ4n) is 0. The van der Waals surface area contributed by atoms with E-state index in [-0.39, 0.29) is 37.9 Å². The Bertz CT molecular complexity index is 11.5. The zero-order chi connectivity index (χ0) is 2.00. The van der Waals surface area contributed by atoms with Crippen molar-refractivity contribution < 1.29 is 20.0 Å². The van der Waals surface area contributed by atoms with E-state index in [1.807, 2.05) is 0 Å². The topological polar surface area (TPSA) is 51.7 Å². The normalized spacial score (nSPS) is 1.00. The van der Waals surface area contributed by atoms with E-state index in [4.69, 9.17) is 5.11 Å². The molecule has 0 aromatic rings. The summed E-state index contributed by atoms with van der Waals surface area (Å²) >= 11 is 0. The summed E-state index contributed by atoms with van der Waals surface area (Å²) in [7, 11) is 1.00. The molecule has 0 aromatic heterocycles. The molecule has 6 heavy (non-hydrogen) atoms. The Labute approximate surface area is 50.7 Å². The molecule has 0 unspecified atom stereocenters. The molecule has 0 fully saturated rings. The molecule has 0 amide bonds. The Morgan fingerprint density at radius 2 is 1.00 bits per heavy atom. The number of aliphatic hydroxyl groups is 1. The van der Waals surface area contributed by atoms with Crippen molar-refractivity contribution in [2.75, 3.05) is 7.11 Å². The van der Waals surface area contributed by atoms with Crippen LogP contribution in [0, 0.1) is 0 Å². The van der Waals surface area contributed by atoms with Crippen molar-refractivity contribution in [3.63, 3.8) is 0 Å². The summed E-state index contributed by atoms with van der Waals surface area (Å²) in [6, 6.07) is 0. The van der Waals surface area contributed by atoms with Crippen LogP contribution in [0.25, 0.3) is 0 Å². The average Bonchev–Trinajstić information content (AvgIpc) is 1.00. The summed E-state index contributed by atoms with van der Waals surface area (Å²) in [4.78, 5) is 0. The SMILES string of the molecule is CO.O.[F-].[F-].[Mg+2]. The molecule has 0 radical (unpaired) electrons. The minimum Gasteiger partial charge on any atom is -1.00 e. The minimum absolute atomic E-state index is 0. The fraction of sp³-hybridized carbons (Fsp3) is 1.00. The van der Waals surface area contributed by atoms with Crippen LogP contribution < -0.4 is 9.41 Å². The third kappa shape index (κ3) is 192. The standard InChI is InChI=1S/CH4O.2FH.Mg.H2O/c1-2;;;;/h2H,1H3;2*1H;;1H2/q;;;+2;/p-2. The van der Waals surface area contributed by atoms with Crippen LogP contribution in [-0.2, 0) is 0 Å². The molecule has 3 N–H and O–H groups in total. The summed E-state index contributed by atoms with van der Waals surface area (Å²) in [5.41, 5.74) is 0. The molecule has 0 aliphatic carbocycles. The van der Waals surface area contributed by atoms with Crippen molar-refractivity contribution in [3.8, 4) is 0 Å². The van der Waals surface area contributed by atoms with Crippen molar-refractivity contribution in [2.45, 2.75) is 0 Å². The Hall–Kier alpha value is 0.546. The zero-order valence-electron chi connectivity index (χ0n) is 3.41. The first-order valence-electron chi connectivity index (χ1n) is 0.447. The van der Waals surface area contributed by atoms with E-state index in [0.29, 0.717) is 0 Å². The predicted octanol–water partition coefficient (Wildman–Crippen LogP) is -7.59. The van der Waals surface area contributed by atoms with Gasteiger partial charge < -0.3 is 20.0 Å². The van der Waals surface area contributed by atoms with E-state index >= 15 is 0 Å². The average molecular weight is 112 g/mol. The van der Waals surface area contributed by atoms with E-state index in [0.717, 1.165) is 7.11 Å². The molecule has 0 heterocycles. The summed E-state index contributed by atoms with van der Waals surface area (Å²) < 4.78 is 0. The van der Waals surface area contributed by atoms with Crippen molar-refractivity contribution in [3.05, 3.63) is 0 Å². The molecular formula is CH6F2MgO2. The number of halogens is 2. The number of rotatable bonds is 0. The van der Waals surface area contributed by atoms with E-state index in [9.17, 15) is 0 Å². The number of hydrogen-bond donors (Lipinski definition) is 1. The smallest absolute Gasteiger partial charge is 1.00 e. The molecule has 0 aromatic carbocycles. The molecule has 0 saturated heterocycles. The first-order chi connectivity index (χ1) is 1.00. The van der Waals surface area contributed by atoms with Crippen LogP contribution in [0.15, 0.2) is 0 Å². The van der Waals surface area contributed by atoms with E-state index in [1.54, 1.807) is 0 Å². The predicted molar refractivity (Wildman–Crippen MR) is 17.5 cm³/mol. The summed E-state index contributed by atoms with van der Waals surface area (Å²) in [6.45, 7) is 0. The third-order valence-electron chi connectivity index (χ3n) is 0. The van der Waals surface area contributed by atoms with E-state index in [1.165, 1.54) is 0 Å². The summed E-state index contributed by atoms with van der Waals surface area (Å²) in [5, 5.41) is 7.00. The first-order valence-corrected chi connectivity index (χ1v) is 0.447. The summed E-state index contributed by atoms with van der Waals surface area (Å²) in [6.07, 6.45) is 0. The van der Waals surface area contributed by atoms with Gasteiger partial charge in [0.2, 0.25) is 0 Å². The van der Waals surface area contributed by atoms with Crippen molar-refractivity contribution in [2.24, 2.45) is 0 Å². The molecule has 38 valence electrons. The van der Waals surface area contributed by atoms with Crippen LogP contribution in [0.4, 0.5) is 0 Å². The van der Waals surface area contributed by atoms with Gasteiger partial charge in [-0.15, -0.1) is 0 Å². The van der Waals surface area contributed by atoms with E-state index < -0.39 is 0 Å². The van der Waals surface area contributed by atoms with Gasteiger partial charge in [-0.25, -0.2) is 0 Å². The van der Waals surface area contributed by atoms with Gasteiger partial charge in [-0.2, -0.15) is 0 Å². The maximum Gasteiger partial charge on any atom is 2.00 e. The quantitative estimate of drug-likeness (QED) is 0.311. The van der Waals surface area contributed by atoms with Gasteiger partial charge in [-0.05, 0) is 0 Å². The zero-order valence-corrected chi connectivity index (χ0v) is 4.82. The largest absolute Gasteiger partial charge is 2.00 e. The Morgan fingerprint density at radius 3 is 1.00 bits per heavy atom. The van der Waals surface area contributed by atoms with Gasteiger partial charge in [0.15, 0.2) is 0 Å². The van der Waals surface area contributed by atoms with Crippen molar-refractivity contribution in [1.29, 1.82) is 0 Å². The molecule has 0 saturated carbocycles. The van der Waals surface area contributed by atoms with Crippen molar-refractivity contribution >= 4 is 23.1 Å². The Kier molecular flexibility index (Phi) is 5390. The van der Waals surface area contributed by atoms with Gasteiger partial charge in [0.25, 0.3) is 0 Å². The van der Waals surface area contributed by atoms with Gasteiger partial charge >= 0.3 is 23.1 Å². The van der Waals surface area contributed by atoms with Crippen LogP contribution in [-0.4, -0.2) is 40.7 Å². The van der Waals surface area contributed by atoms with Gasteiger partial charge in [-0.1, -0.05) is 0 Å². The maximum absolute atomic E-state index is 7.00. The van der Waals surface area contributed by atoms with Gasteiger partial charge in [-0.3, -0.25) is 0 Å². The van der Waals surface area contributed by atoms with Crippen molar-refractivity contribution in [1.82, 2.24) is 0 Å². The molecule has 0 bridgehead atoms. The van der Waals surface area contributed by atoms with Gasteiger partial charge in [0, 0.05) is 7.11 Å². The monoisotopic (exact) mass is 112 g/mol. The molecule has 5 heteroatoms.